The van der Waals surface area contributed by atoms with Gasteiger partial charge in [0.15, 0.2) is 0 Å². The number of carbonyl (C=O) groups is 1. The fourth-order valence-corrected chi connectivity index (χ4v) is 2.42. The van der Waals surface area contributed by atoms with Gasteiger partial charge >= 0.3 is 12.4 Å². The van der Waals surface area contributed by atoms with E-state index in [4.69, 9.17) is 0 Å². The molecule has 0 aliphatic carbocycles. The van der Waals surface area contributed by atoms with Crippen molar-refractivity contribution >= 4 is 11.9 Å². The average Bonchev–Trinajstić information content (AvgIpc) is 2.48. The number of hydrogen-bond acceptors (Lipinski definition) is 1. The highest BCUT2D eigenvalue weighted by Gasteiger charge is 2.37. The third kappa shape index (κ3) is 5.11. The maximum Gasteiger partial charge on any atom is 0.416 e. The van der Waals surface area contributed by atoms with E-state index in [1.165, 1.54) is 0 Å². The molecule has 0 amide bonds. The normalized spacial score (nSPS) is 13.7. The molecule has 24 heavy (non-hydrogen) atoms. The number of halogens is 6. The van der Waals surface area contributed by atoms with Gasteiger partial charge in [0.25, 0.3) is 0 Å². The monoisotopic (exact) mass is 352 g/mol. The molecule has 1 nitrogen and oxygen atoms in total. The standard InChI is InChI=1S/C17H18F6O/c1-3-5-11(10-24)15(6-4-2)12-7-13(16(18,19)20)9-14(8-12)17(21,22)23/h7-10H,3-6H2,1-2H3/b15-11+. The molecular formula is C17H18F6O. The number of hydrogen-bond donors (Lipinski definition) is 0. The molecule has 134 valence electrons. The number of rotatable bonds is 6. The van der Waals surface area contributed by atoms with Gasteiger partial charge < -0.3 is 0 Å². The van der Waals surface area contributed by atoms with E-state index in [1.54, 1.807) is 13.8 Å². The van der Waals surface area contributed by atoms with Gasteiger partial charge in [0.05, 0.1) is 11.1 Å². The van der Waals surface area contributed by atoms with E-state index in [-0.39, 0.29) is 29.2 Å². The Labute approximate surface area is 136 Å². The predicted octanol–water partition coefficient (Wildman–Crippen LogP) is 6.28. The molecule has 0 bridgehead atoms. The molecule has 0 saturated heterocycles. The molecule has 0 fully saturated rings. The highest BCUT2D eigenvalue weighted by atomic mass is 19.4. The van der Waals surface area contributed by atoms with E-state index >= 15 is 0 Å². The molecule has 0 aromatic heterocycles. The lowest BCUT2D eigenvalue weighted by molar-refractivity contribution is -0.143. The maximum atomic E-state index is 13.0. The topological polar surface area (TPSA) is 17.1 Å². The van der Waals surface area contributed by atoms with Crippen molar-refractivity contribution in [3.8, 4) is 0 Å². The first-order valence-electron chi connectivity index (χ1n) is 7.51. The molecule has 0 atom stereocenters. The van der Waals surface area contributed by atoms with Crippen molar-refractivity contribution in [2.24, 2.45) is 0 Å². The Hall–Kier alpha value is -1.79. The van der Waals surface area contributed by atoms with Crippen LogP contribution in [0.15, 0.2) is 23.8 Å². The Bertz CT molecular complexity index is 578. The lowest BCUT2D eigenvalue weighted by Gasteiger charge is -2.17. The van der Waals surface area contributed by atoms with E-state index in [2.05, 4.69) is 0 Å². The number of aldehydes is 1. The summed E-state index contributed by atoms with van der Waals surface area (Å²) < 4.78 is 77.8. The summed E-state index contributed by atoms with van der Waals surface area (Å²) in [6.45, 7) is 3.52. The molecule has 1 aromatic carbocycles. The molecule has 0 N–H and O–H groups in total. The zero-order chi connectivity index (χ0) is 18.5. The quantitative estimate of drug-likeness (QED) is 0.335. The van der Waals surface area contributed by atoms with Gasteiger partial charge in [-0.1, -0.05) is 26.7 Å². The van der Waals surface area contributed by atoms with Gasteiger partial charge in [-0.15, -0.1) is 0 Å². The summed E-state index contributed by atoms with van der Waals surface area (Å²) in [7, 11) is 0. The van der Waals surface area contributed by atoms with Crippen molar-refractivity contribution in [3.63, 3.8) is 0 Å². The van der Waals surface area contributed by atoms with E-state index in [9.17, 15) is 31.1 Å². The smallest absolute Gasteiger partial charge is 0.298 e. The molecular weight excluding hydrogens is 334 g/mol. The highest BCUT2D eigenvalue weighted by Crippen LogP contribution is 2.39. The van der Waals surface area contributed by atoms with Crippen LogP contribution in [0.1, 0.15) is 56.2 Å². The van der Waals surface area contributed by atoms with Crippen LogP contribution >= 0.6 is 0 Å². The first kappa shape index (κ1) is 20.3. The molecule has 0 unspecified atom stereocenters. The Morgan fingerprint density at radius 2 is 1.33 bits per heavy atom. The van der Waals surface area contributed by atoms with Gasteiger partial charge in [-0.25, -0.2) is 0 Å². The molecule has 7 heteroatoms. The number of carbonyl (C=O) groups excluding carboxylic acids is 1. The van der Waals surface area contributed by atoms with E-state index in [1.807, 2.05) is 0 Å². The molecule has 0 saturated carbocycles. The fourth-order valence-electron chi connectivity index (χ4n) is 2.42. The third-order valence-corrected chi connectivity index (χ3v) is 3.49. The molecule has 0 spiro atoms. The van der Waals surface area contributed by atoms with Crippen LogP contribution in [0.3, 0.4) is 0 Å². The number of alkyl halides is 6. The van der Waals surface area contributed by atoms with Crippen molar-refractivity contribution in [1.29, 1.82) is 0 Å². The van der Waals surface area contributed by atoms with E-state index in [0.29, 0.717) is 37.7 Å². The molecule has 0 aliphatic heterocycles. The summed E-state index contributed by atoms with van der Waals surface area (Å²) in [6.07, 6.45) is -7.70. The Morgan fingerprint density at radius 3 is 1.67 bits per heavy atom. The van der Waals surface area contributed by atoms with Gasteiger partial charge in [-0.05, 0) is 47.8 Å². The van der Waals surface area contributed by atoms with Crippen LogP contribution in [0.4, 0.5) is 26.3 Å². The van der Waals surface area contributed by atoms with Crippen LogP contribution in [-0.2, 0) is 17.1 Å². The second-order valence-electron chi connectivity index (χ2n) is 5.42. The van der Waals surface area contributed by atoms with Crippen molar-refractivity contribution < 1.29 is 31.1 Å². The molecule has 0 heterocycles. The van der Waals surface area contributed by atoms with Gasteiger partial charge in [-0.3, -0.25) is 4.79 Å². The first-order chi connectivity index (χ1) is 11.0. The Kier molecular flexibility index (Phi) is 6.63. The van der Waals surface area contributed by atoms with Crippen molar-refractivity contribution in [2.45, 2.75) is 51.9 Å². The summed E-state index contributed by atoms with van der Waals surface area (Å²) in [5.41, 5.74) is -2.46. The maximum absolute atomic E-state index is 13.0. The minimum absolute atomic E-state index is 0.0907. The van der Waals surface area contributed by atoms with Crippen molar-refractivity contribution in [3.05, 3.63) is 40.5 Å². The second-order valence-corrected chi connectivity index (χ2v) is 5.42. The molecule has 0 radical (unpaired) electrons. The third-order valence-electron chi connectivity index (χ3n) is 3.49. The fraction of sp³-hybridized carbons (Fsp3) is 0.471. The van der Waals surface area contributed by atoms with Crippen LogP contribution in [0, 0.1) is 0 Å². The molecule has 1 rings (SSSR count). The van der Waals surface area contributed by atoms with E-state index < -0.39 is 23.5 Å². The summed E-state index contributed by atoms with van der Waals surface area (Å²) >= 11 is 0. The minimum atomic E-state index is -4.90. The van der Waals surface area contributed by atoms with Gasteiger partial charge in [0.2, 0.25) is 0 Å². The van der Waals surface area contributed by atoms with Crippen LogP contribution < -0.4 is 0 Å². The zero-order valence-corrected chi connectivity index (χ0v) is 13.3. The lowest BCUT2D eigenvalue weighted by atomic mass is 9.91. The van der Waals surface area contributed by atoms with Crippen molar-refractivity contribution in [2.75, 3.05) is 0 Å². The SMILES string of the molecule is CCC/C(C=O)=C(/CCC)c1cc(C(F)(F)F)cc(C(F)(F)F)c1. The summed E-state index contributed by atoms with van der Waals surface area (Å²) in [4.78, 5) is 11.2. The van der Waals surface area contributed by atoms with Crippen LogP contribution in [-0.4, -0.2) is 6.29 Å². The van der Waals surface area contributed by atoms with Gasteiger partial charge in [0, 0.05) is 0 Å². The van der Waals surface area contributed by atoms with Crippen LogP contribution in [0.2, 0.25) is 0 Å². The largest absolute Gasteiger partial charge is 0.416 e. The average molecular weight is 352 g/mol. The van der Waals surface area contributed by atoms with Gasteiger partial charge in [0.1, 0.15) is 6.29 Å². The summed E-state index contributed by atoms with van der Waals surface area (Å²) in [6, 6.07) is 1.45. The van der Waals surface area contributed by atoms with E-state index in [0.717, 1.165) is 0 Å². The van der Waals surface area contributed by atoms with Crippen molar-refractivity contribution in [1.82, 2.24) is 0 Å². The minimum Gasteiger partial charge on any atom is -0.298 e. The van der Waals surface area contributed by atoms with Crippen LogP contribution in [0.5, 0.6) is 0 Å². The van der Waals surface area contributed by atoms with Gasteiger partial charge in [-0.2, -0.15) is 26.3 Å². The predicted molar refractivity (Wildman–Crippen MR) is 79.2 cm³/mol. The lowest BCUT2D eigenvalue weighted by Crippen LogP contribution is -2.12. The Balaban J connectivity index is 3.67. The zero-order valence-electron chi connectivity index (χ0n) is 13.3. The summed E-state index contributed by atoms with van der Waals surface area (Å²) in [5.74, 6) is 0. The molecule has 0 aliphatic rings. The summed E-state index contributed by atoms with van der Waals surface area (Å²) in [5, 5.41) is 0. The number of benzene rings is 1. The first-order valence-corrected chi connectivity index (χ1v) is 7.51. The number of allylic oxidation sites excluding steroid dienone is 2. The van der Waals surface area contributed by atoms with Crippen LogP contribution in [0.25, 0.3) is 5.57 Å². The Morgan fingerprint density at radius 1 is 0.875 bits per heavy atom. The molecule has 1 aromatic rings. The highest BCUT2D eigenvalue weighted by molar-refractivity contribution is 5.88. The second kappa shape index (κ2) is 7.85.